The minimum Gasteiger partial charge on any atom is -0.325 e. The number of para-hydroxylation sites is 1. The van der Waals surface area contributed by atoms with Crippen LogP contribution in [0.4, 0.5) is 5.69 Å². The number of thioether (sulfide) groups is 1. The first-order valence-corrected chi connectivity index (χ1v) is 11.5. The summed E-state index contributed by atoms with van der Waals surface area (Å²) in [5.41, 5.74) is 4.41. The van der Waals surface area contributed by atoms with E-state index in [1.807, 2.05) is 32.0 Å². The van der Waals surface area contributed by atoms with Gasteiger partial charge in [-0.25, -0.2) is 0 Å². The fourth-order valence-electron chi connectivity index (χ4n) is 4.11. The quantitative estimate of drug-likeness (QED) is 0.390. The molecular weight excluding hydrogens is 450 g/mol. The molecule has 1 amide bonds. The second-order valence-corrected chi connectivity index (χ2v) is 8.82. The Morgan fingerprint density at radius 1 is 0.882 bits per heavy atom. The number of hydrogen-bond donors (Lipinski definition) is 1. The van der Waals surface area contributed by atoms with E-state index in [1.165, 1.54) is 11.8 Å². The van der Waals surface area contributed by atoms with Crippen molar-refractivity contribution in [1.29, 1.82) is 0 Å². The van der Waals surface area contributed by atoms with Crippen molar-refractivity contribution in [3.63, 3.8) is 0 Å². The van der Waals surface area contributed by atoms with Crippen LogP contribution in [0.15, 0.2) is 65.8 Å². The monoisotopic (exact) mass is 469 g/mol. The number of fused-ring (bicyclic) bond motifs is 2. The molecule has 0 fully saturated rings. The Bertz CT molecular complexity index is 1460. The first-order valence-electron chi connectivity index (χ1n) is 10.5. The van der Waals surface area contributed by atoms with E-state index in [1.54, 1.807) is 47.1 Å². The normalized spacial score (nSPS) is 12.3. The minimum absolute atomic E-state index is 0.0215. The highest BCUT2D eigenvalue weighted by Gasteiger charge is 2.31. The zero-order valence-electron chi connectivity index (χ0n) is 18.4. The molecule has 5 rings (SSSR count). The van der Waals surface area contributed by atoms with E-state index in [2.05, 4.69) is 20.8 Å². The molecule has 0 spiro atoms. The molecule has 0 aliphatic heterocycles. The molecule has 1 aromatic heterocycles. The van der Waals surface area contributed by atoms with Crippen LogP contribution >= 0.6 is 11.8 Å². The number of nitrogens with one attached hydrogen (secondary N) is 1. The molecule has 34 heavy (non-hydrogen) atoms. The van der Waals surface area contributed by atoms with E-state index in [9.17, 15) is 14.4 Å². The van der Waals surface area contributed by atoms with Crippen molar-refractivity contribution >= 4 is 34.9 Å². The maximum atomic E-state index is 13.1. The number of amides is 1. The molecule has 1 N–H and O–H groups in total. The molecule has 1 aliphatic carbocycles. The van der Waals surface area contributed by atoms with Gasteiger partial charge in [0, 0.05) is 16.7 Å². The van der Waals surface area contributed by atoms with E-state index in [4.69, 9.17) is 0 Å². The molecule has 168 valence electrons. The summed E-state index contributed by atoms with van der Waals surface area (Å²) in [7, 11) is 0. The zero-order chi connectivity index (χ0) is 23.8. The van der Waals surface area contributed by atoms with E-state index in [0.29, 0.717) is 22.0 Å². The van der Waals surface area contributed by atoms with Crippen molar-refractivity contribution in [2.24, 2.45) is 0 Å². The predicted molar refractivity (Wildman–Crippen MR) is 128 cm³/mol. The Labute approximate surface area is 199 Å². The van der Waals surface area contributed by atoms with Crippen LogP contribution in [0.2, 0.25) is 0 Å². The van der Waals surface area contributed by atoms with Gasteiger partial charge >= 0.3 is 0 Å². The summed E-state index contributed by atoms with van der Waals surface area (Å²) in [4.78, 5) is 38.8. The van der Waals surface area contributed by atoms with Crippen molar-refractivity contribution < 1.29 is 14.4 Å². The molecule has 0 unspecified atom stereocenters. The third kappa shape index (κ3) is 3.69. The number of tetrazole rings is 1. The average Bonchev–Trinajstić information content (AvgIpc) is 3.29. The second-order valence-electron chi connectivity index (χ2n) is 7.88. The maximum Gasteiger partial charge on any atom is 0.234 e. The van der Waals surface area contributed by atoms with Gasteiger partial charge in [0.2, 0.25) is 11.1 Å². The highest BCUT2D eigenvalue weighted by Crippen LogP contribution is 2.32. The Morgan fingerprint density at radius 3 is 2.26 bits per heavy atom. The van der Waals surface area contributed by atoms with Crippen LogP contribution in [0.1, 0.15) is 43.0 Å². The number of anilines is 1. The van der Waals surface area contributed by atoms with Crippen molar-refractivity contribution in [3.05, 3.63) is 94.0 Å². The van der Waals surface area contributed by atoms with Crippen LogP contribution in [0.3, 0.4) is 0 Å². The van der Waals surface area contributed by atoms with E-state index >= 15 is 0 Å². The molecule has 0 saturated heterocycles. The van der Waals surface area contributed by atoms with Crippen molar-refractivity contribution in [2.45, 2.75) is 19.0 Å². The number of nitrogens with zero attached hydrogens (tertiary/aromatic N) is 4. The maximum absolute atomic E-state index is 13.1. The lowest BCUT2D eigenvalue weighted by molar-refractivity contribution is -0.113. The van der Waals surface area contributed by atoms with Gasteiger partial charge < -0.3 is 5.32 Å². The summed E-state index contributed by atoms with van der Waals surface area (Å²) in [6, 6.07) is 17.5. The van der Waals surface area contributed by atoms with Crippen molar-refractivity contribution in [2.75, 3.05) is 11.1 Å². The smallest absolute Gasteiger partial charge is 0.234 e. The number of rotatable bonds is 5. The lowest BCUT2D eigenvalue weighted by Gasteiger charge is -2.20. The number of benzene rings is 3. The van der Waals surface area contributed by atoms with Gasteiger partial charge in [-0.15, -0.1) is 5.10 Å². The SMILES string of the molecule is Cc1cccc(C)c1-n1nnnc1SCC(=O)Nc1cccc2c1C(=O)c1ccccc1C2=O. The van der Waals surface area contributed by atoms with Crippen LogP contribution in [0.5, 0.6) is 0 Å². The fraction of sp³-hybridized carbons (Fsp3) is 0.120. The minimum atomic E-state index is -0.339. The molecule has 1 heterocycles. The van der Waals surface area contributed by atoms with Crippen LogP contribution in [0.25, 0.3) is 5.69 Å². The third-order valence-electron chi connectivity index (χ3n) is 5.65. The van der Waals surface area contributed by atoms with E-state index in [-0.39, 0.29) is 34.4 Å². The van der Waals surface area contributed by atoms with Gasteiger partial charge in [0.25, 0.3) is 0 Å². The van der Waals surface area contributed by atoms with Crippen LogP contribution in [-0.4, -0.2) is 43.4 Å². The summed E-state index contributed by atoms with van der Waals surface area (Å²) in [6.45, 7) is 3.94. The molecule has 0 saturated carbocycles. The highest BCUT2D eigenvalue weighted by molar-refractivity contribution is 7.99. The number of carbonyl (C=O) groups is 3. The van der Waals surface area contributed by atoms with E-state index < -0.39 is 0 Å². The average molecular weight is 470 g/mol. The second kappa shape index (κ2) is 8.68. The topological polar surface area (TPSA) is 107 Å². The molecule has 8 nitrogen and oxygen atoms in total. The lowest BCUT2D eigenvalue weighted by atomic mass is 9.83. The Hall–Kier alpha value is -4.11. The van der Waals surface area contributed by atoms with Gasteiger partial charge in [-0.1, -0.05) is 66.4 Å². The molecule has 4 aromatic rings. The molecular formula is C25H19N5O3S. The van der Waals surface area contributed by atoms with Gasteiger partial charge in [0.05, 0.1) is 22.7 Å². The van der Waals surface area contributed by atoms with Gasteiger partial charge in [-0.3, -0.25) is 14.4 Å². The van der Waals surface area contributed by atoms with Gasteiger partial charge in [-0.2, -0.15) is 4.68 Å². The summed E-state index contributed by atoms with van der Waals surface area (Å²) in [6.07, 6.45) is 0. The highest BCUT2D eigenvalue weighted by atomic mass is 32.2. The van der Waals surface area contributed by atoms with Crippen LogP contribution in [0, 0.1) is 13.8 Å². The zero-order valence-corrected chi connectivity index (χ0v) is 19.2. The number of carbonyl (C=O) groups excluding carboxylic acids is 3. The number of ketones is 2. The summed E-state index contributed by atoms with van der Waals surface area (Å²) in [5.74, 6) is -0.835. The lowest BCUT2D eigenvalue weighted by Crippen LogP contribution is -2.24. The standard InChI is InChI=1S/C25H19N5O3S/c1-14-7-5-8-15(2)22(14)30-25(27-28-29-30)34-13-20(31)26-19-12-6-11-18-21(19)24(33)17-10-4-3-9-16(17)23(18)32/h3-12H,13H2,1-2H3,(H,26,31). The number of aromatic nitrogens is 4. The first kappa shape index (κ1) is 21.7. The largest absolute Gasteiger partial charge is 0.325 e. The number of hydrogen-bond acceptors (Lipinski definition) is 7. The molecule has 9 heteroatoms. The Kier molecular flexibility index (Phi) is 5.54. The summed E-state index contributed by atoms with van der Waals surface area (Å²) < 4.78 is 1.62. The predicted octanol–water partition coefficient (Wildman–Crippen LogP) is 3.79. The summed E-state index contributed by atoms with van der Waals surface area (Å²) >= 11 is 1.18. The van der Waals surface area contributed by atoms with Crippen molar-refractivity contribution in [1.82, 2.24) is 20.2 Å². The van der Waals surface area contributed by atoms with Crippen LogP contribution < -0.4 is 5.32 Å². The molecule has 3 aromatic carbocycles. The van der Waals surface area contributed by atoms with E-state index in [0.717, 1.165) is 16.8 Å². The molecule has 0 bridgehead atoms. The molecule has 0 radical (unpaired) electrons. The van der Waals surface area contributed by atoms with Crippen molar-refractivity contribution in [3.8, 4) is 5.69 Å². The van der Waals surface area contributed by atoms with Gasteiger partial charge in [0.1, 0.15) is 0 Å². The van der Waals surface area contributed by atoms with Gasteiger partial charge in [-0.05, 0) is 41.5 Å². The first-order chi connectivity index (χ1) is 16.5. The molecule has 1 aliphatic rings. The Balaban J connectivity index is 1.37. The number of aryl methyl sites for hydroxylation is 2. The molecule has 0 atom stereocenters. The Morgan fingerprint density at radius 2 is 1.53 bits per heavy atom. The third-order valence-corrected chi connectivity index (χ3v) is 6.57. The van der Waals surface area contributed by atoms with Crippen LogP contribution in [-0.2, 0) is 4.79 Å². The fourth-order valence-corrected chi connectivity index (χ4v) is 4.79. The summed E-state index contributed by atoms with van der Waals surface area (Å²) in [5, 5.41) is 15.2. The van der Waals surface area contributed by atoms with Gasteiger partial charge in [0.15, 0.2) is 11.6 Å².